The zero-order valence-corrected chi connectivity index (χ0v) is 31.6. The van der Waals surface area contributed by atoms with Crippen molar-refractivity contribution in [3.05, 3.63) is 216 Å². The Bertz CT molecular complexity index is 2980. The van der Waals surface area contributed by atoms with Crippen LogP contribution in [0.2, 0.25) is 0 Å². The molecule has 0 N–H and O–H groups in total. The van der Waals surface area contributed by atoms with Gasteiger partial charge in [-0.05, 0) is 100.0 Å². The number of anilines is 3. The number of ether oxygens (including phenoxy) is 1. The Morgan fingerprint density at radius 3 is 1.98 bits per heavy atom. The van der Waals surface area contributed by atoms with Crippen molar-refractivity contribution < 1.29 is 9.15 Å². The first-order chi connectivity index (χ1) is 27.4. The van der Waals surface area contributed by atoms with Gasteiger partial charge in [-0.3, -0.25) is 0 Å². The summed E-state index contributed by atoms with van der Waals surface area (Å²) in [6.45, 7) is 10.9. The Hall–Kier alpha value is -6.84. The quantitative estimate of drug-likeness (QED) is 0.166. The van der Waals surface area contributed by atoms with Gasteiger partial charge in [-0.2, -0.15) is 0 Å². The van der Waals surface area contributed by atoms with Crippen LogP contribution in [0.15, 0.2) is 192 Å². The molecule has 1 aromatic heterocycles. The third-order valence-electron chi connectivity index (χ3n) is 12.6. The molecule has 0 saturated carbocycles. The minimum absolute atomic E-state index is 0.162. The molecule has 0 bridgehead atoms. The summed E-state index contributed by atoms with van der Waals surface area (Å²) in [4.78, 5) is 2.47. The Balaban J connectivity index is 1.25. The molecular weight excluding hydrogens is 683 g/mol. The molecule has 0 radical (unpaired) electrons. The number of benzene rings is 7. The van der Waals surface area contributed by atoms with E-state index in [1.165, 1.54) is 44.5 Å². The fourth-order valence-electron chi connectivity index (χ4n) is 10.1. The monoisotopic (exact) mass is 721 g/mol. The van der Waals surface area contributed by atoms with Crippen molar-refractivity contribution in [2.24, 2.45) is 0 Å². The van der Waals surface area contributed by atoms with Gasteiger partial charge in [0.1, 0.15) is 22.7 Å². The van der Waals surface area contributed by atoms with Crippen LogP contribution in [0.25, 0.3) is 44.2 Å². The molecule has 1 spiro atoms. The lowest BCUT2D eigenvalue weighted by Crippen LogP contribution is -2.33. The largest absolute Gasteiger partial charge is 0.457 e. The number of fused-ring (bicyclic) bond motifs is 13. The molecule has 8 aromatic rings. The average Bonchev–Trinajstić information content (AvgIpc) is 3.84. The summed E-state index contributed by atoms with van der Waals surface area (Å²) in [7, 11) is 0. The van der Waals surface area contributed by atoms with E-state index in [0.717, 1.165) is 61.6 Å². The third kappa shape index (κ3) is 4.23. The summed E-state index contributed by atoms with van der Waals surface area (Å²) in [5.74, 6) is 1.68. The van der Waals surface area contributed by atoms with Crippen LogP contribution in [0.5, 0.6) is 5.75 Å². The van der Waals surface area contributed by atoms with Crippen molar-refractivity contribution in [3.63, 3.8) is 0 Å². The lowest BCUT2D eigenvalue weighted by Gasteiger charge is -2.40. The van der Waals surface area contributed by atoms with Gasteiger partial charge >= 0.3 is 0 Å². The lowest BCUT2D eigenvalue weighted by atomic mass is 9.66. The summed E-state index contributed by atoms with van der Waals surface area (Å²) in [5.41, 5.74) is 16.7. The first kappa shape index (κ1) is 32.6. The molecule has 2 aliphatic carbocycles. The second-order valence-corrected chi connectivity index (χ2v) is 15.7. The molecule has 11 rings (SSSR count). The number of para-hydroxylation sites is 1. The highest BCUT2D eigenvalue weighted by atomic mass is 16.5. The Morgan fingerprint density at radius 2 is 1.21 bits per heavy atom. The van der Waals surface area contributed by atoms with E-state index in [1.54, 1.807) is 6.08 Å². The molecule has 1 aliphatic heterocycles. The number of hydrogen-bond acceptors (Lipinski definition) is 3. The number of furan rings is 1. The predicted octanol–water partition coefficient (Wildman–Crippen LogP) is 14.1. The van der Waals surface area contributed by atoms with Crippen LogP contribution in [0, 0.1) is 0 Å². The molecular formula is C53H39NO2. The van der Waals surface area contributed by atoms with Crippen LogP contribution in [0.3, 0.4) is 0 Å². The fourth-order valence-corrected chi connectivity index (χ4v) is 10.1. The molecule has 7 aromatic carbocycles. The zero-order valence-electron chi connectivity index (χ0n) is 31.6. The highest BCUT2D eigenvalue weighted by Crippen LogP contribution is 2.62. The summed E-state index contributed by atoms with van der Waals surface area (Å²) < 4.78 is 13.4. The molecule has 268 valence electrons. The maximum Gasteiger partial charge on any atom is 0.137 e. The fraction of sp³-hybridized carbons (Fsp3) is 0.0943. The summed E-state index contributed by atoms with van der Waals surface area (Å²) in [6, 6.07) is 55.1. The number of hydrogen-bond donors (Lipinski definition) is 0. The number of rotatable bonds is 5. The minimum atomic E-state index is -0.592. The summed E-state index contributed by atoms with van der Waals surface area (Å²) in [5, 5.41) is 2.17. The van der Waals surface area contributed by atoms with Crippen molar-refractivity contribution >= 4 is 39.0 Å². The third-order valence-corrected chi connectivity index (χ3v) is 12.6. The normalized spacial score (nSPS) is 15.4. The molecule has 3 nitrogen and oxygen atoms in total. The van der Waals surface area contributed by atoms with E-state index >= 15 is 0 Å². The molecule has 56 heavy (non-hydrogen) atoms. The second-order valence-electron chi connectivity index (χ2n) is 15.7. The molecule has 0 unspecified atom stereocenters. The highest BCUT2D eigenvalue weighted by molar-refractivity contribution is 6.14. The van der Waals surface area contributed by atoms with Gasteiger partial charge in [-0.1, -0.05) is 142 Å². The standard InChI is InChI=1S/C53H39NO2/c1-5-6-27-46-33(2)53(40-22-12-7-17-35(40)36-18-8-13-23-41(36)53)43-32-34(30-31-48(43)55-46)54(45-26-16-29-49-51(45)38-20-10-14-28-47(38)56-49)44-25-15-24-42-50(44)37-19-9-11-21-39(37)52(42,3)4/h5-32H,1H2,2-4H3/b27-6-. The van der Waals surface area contributed by atoms with Crippen molar-refractivity contribution in [2.45, 2.75) is 31.6 Å². The van der Waals surface area contributed by atoms with Gasteiger partial charge in [0.25, 0.3) is 0 Å². The first-order valence-corrected chi connectivity index (χ1v) is 19.4. The van der Waals surface area contributed by atoms with Crippen molar-refractivity contribution in [2.75, 3.05) is 4.90 Å². The van der Waals surface area contributed by atoms with Crippen LogP contribution in [-0.2, 0) is 10.8 Å². The highest BCUT2D eigenvalue weighted by Gasteiger charge is 2.51. The van der Waals surface area contributed by atoms with Crippen LogP contribution >= 0.6 is 0 Å². The molecule has 0 amide bonds. The van der Waals surface area contributed by atoms with Crippen LogP contribution in [0.4, 0.5) is 17.1 Å². The van der Waals surface area contributed by atoms with E-state index in [4.69, 9.17) is 9.15 Å². The summed E-state index contributed by atoms with van der Waals surface area (Å²) in [6.07, 6.45) is 5.82. The molecule has 0 fully saturated rings. The van der Waals surface area contributed by atoms with E-state index in [1.807, 2.05) is 18.2 Å². The van der Waals surface area contributed by atoms with Gasteiger partial charge in [0.15, 0.2) is 0 Å². The smallest absolute Gasteiger partial charge is 0.137 e. The van der Waals surface area contributed by atoms with Crippen molar-refractivity contribution in [1.82, 2.24) is 0 Å². The van der Waals surface area contributed by atoms with E-state index in [-0.39, 0.29) is 5.41 Å². The maximum absolute atomic E-state index is 6.88. The van der Waals surface area contributed by atoms with E-state index < -0.39 is 5.41 Å². The zero-order chi connectivity index (χ0) is 37.8. The van der Waals surface area contributed by atoms with Gasteiger partial charge in [0, 0.05) is 27.6 Å². The van der Waals surface area contributed by atoms with Gasteiger partial charge < -0.3 is 14.1 Å². The lowest BCUT2D eigenvalue weighted by molar-refractivity contribution is 0.399. The Kier molecular flexibility index (Phi) is 6.88. The average molecular weight is 722 g/mol. The van der Waals surface area contributed by atoms with Crippen LogP contribution < -0.4 is 9.64 Å². The van der Waals surface area contributed by atoms with Gasteiger partial charge in [0.05, 0.1) is 22.2 Å². The predicted molar refractivity (Wildman–Crippen MR) is 230 cm³/mol. The van der Waals surface area contributed by atoms with Gasteiger partial charge in [-0.25, -0.2) is 0 Å². The molecule has 0 saturated heterocycles. The van der Waals surface area contributed by atoms with Crippen LogP contribution in [-0.4, -0.2) is 0 Å². The SMILES string of the molecule is C=C/C=C\C1=C(C)C2(c3cc(N(c4cccc5c4-c4ccccc4C5(C)C)c4cccc5oc6ccccc6c45)ccc3O1)c1ccccc1-c1ccccc12. The molecule has 3 heteroatoms. The van der Waals surface area contributed by atoms with Gasteiger partial charge in [-0.15, -0.1) is 0 Å². The van der Waals surface area contributed by atoms with E-state index in [2.05, 4.69) is 178 Å². The van der Waals surface area contributed by atoms with Crippen LogP contribution in [0.1, 0.15) is 48.6 Å². The molecule has 0 atom stereocenters. The second kappa shape index (κ2) is 11.8. The van der Waals surface area contributed by atoms with Crippen molar-refractivity contribution in [3.8, 4) is 28.0 Å². The molecule has 3 aliphatic rings. The van der Waals surface area contributed by atoms with E-state index in [0.29, 0.717) is 0 Å². The Labute approximate surface area is 327 Å². The topological polar surface area (TPSA) is 25.6 Å². The minimum Gasteiger partial charge on any atom is -0.457 e. The van der Waals surface area contributed by atoms with Gasteiger partial charge in [0.2, 0.25) is 0 Å². The van der Waals surface area contributed by atoms with E-state index in [9.17, 15) is 0 Å². The number of nitrogens with zero attached hydrogens (tertiary/aromatic N) is 1. The Morgan fingerprint density at radius 1 is 0.589 bits per heavy atom. The number of allylic oxidation sites excluding steroid dienone is 4. The molecule has 2 heterocycles. The first-order valence-electron chi connectivity index (χ1n) is 19.4. The van der Waals surface area contributed by atoms with Crippen molar-refractivity contribution in [1.29, 1.82) is 0 Å². The summed E-state index contributed by atoms with van der Waals surface area (Å²) >= 11 is 0. The maximum atomic E-state index is 6.88.